The summed E-state index contributed by atoms with van der Waals surface area (Å²) in [5.74, 6) is 0. The number of nitrogens with one attached hydrogen (secondary N) is 1. The third-order valence-corrected chi connectivity index (χ3v) is 2.51. The van der Waals surface area contributed by atoms with E-state index in [2.05, 4.69) is 17.1 Å². The van der Waals surface area contributed by atoms with Crippen molar-refractivity contribution in [1.29, 1.82) is 0 Å². The van der Waals surface area contributed by atoms with E-state index in [-0.39, 0.29) is 0 Å². The van der Waals surface area contributed by atoms with Gasteiger partial charge in [-0.25, -0.2) is 0 Å². The SMILES string of the molecule is COCCC(C)N1CCNCC1. The molecule has 1 aliphatic heterocycles. The number of methoxy groups -OCH3 is 1. The number of ether oxygens (including phenoxy) is 1. The third kappa shape index (κ3) is 3.09. The topological polar surface area (TPSA) is 24.5 Å². The van der Waals surface area contributed by atoms with Crippen LogP contribution in [0.4, 0.5) is 0 Å². The maximum atomic E-state index is 5.06. The first-order valence-electron chi connectivity index (χ1n) is 4.78. The molecule has 1 heterocycles. The van der Waals surface area contributed by atoms with Crippen LogP contribution in [0.3, 0.4) is 0 Å². The lowest BCUT2D eigenvalue weighted by molar-refractivity contribution is 0.128. The van der Waals surface area contributed by atoms with Crippen LogP contribution in [0, 0.1) is 0 Å². The van der Waals surface area contributed by atoms with Gasteiger partial charge in [-0.3, -0.25) is 4.90 Å². The summed E-state index contributed by atoms with van der Waals surface area (Å²) in [6, 6.07) is 0.673. The fraction of sp³-hybridized carbons (Fsp3) is 1.00. The van der Waals surface area contributed by atoms with Crippen molar-refractivity contribution in [2.45, 2.75) is 19.4 Å². The van der Waals surface area contributed by atoms with Gasteiger partial charge in [0.25, 0.3) is 0 Å². The zero-order valence-electron chi connectivity index (χ0n) is 8.18. The number of hydrogen-bond donors (Lipinski definition) is 1. The van der Waals surface area contributed by atoms with Crippen LogP contribution in [0.1, 0.15) is 13.3 Å². The summed E-state index contributed by atoms with van der Waals surface area (Å²) in [5, 5.41) is 3.35. The number of nitrogens with zero attached hydrogens (tertiary/aromatic N) is 1. The Kier molecular flexibility index (Phi) is 4.58. The zero-order chi connectivity index (χ0) is 8.81. The molecule has 3 nitrogen and oxygen atoms in total. The smallest absolute Gasteiger partial charge is 0.0477 e. The molecule has 0 aliphatic carbocycles. The third-order valence-electron chi connectivity index (χ3n) is 2.51. The van der Waals surface area contributed by atoms with Crippen LogP contribution in [-0.2, 0) is 4.74 Å². The Hall–Kier alpha value is -0.120. The summed E-state index contributed by atoms with van der Waals surface area (Å²) >= 11 is 0. The molecule has 0 radical (unpaired) electrons. The zero-order valence-corrected chi connectivity index (χ0v) is 8.18. The fourth-order valence-corrected chi connectivity index (χ4v) is 1.59. The van der Waals surface area contributed by atoms with Gasteiger partial charge in [-0.2, -0.15) is 0 Å². The average Bonchev–Trinajstić information content (AvgIpc) is 2.15. The second-order valence-corrected chi connectivity index (χ2v) is 3.42. The Morgan fingerprint density at radius 1 is 1.42 bits per heavy atom. The van der Waals surface area contributed by atoms with Gasteiger partial charge in [0.15, 0.2) is 0 Å². The van der Waals surface area contributed by atoms with E-state index >= 15 is 0 Å². The molecule has 1 N–H and O–H groups in total. The maximum absolute atomic E-state index is 5.06. The molecule has 0 bridgehead atoms. The van der Waals surface area contributed by atoms with Crippen LogP contribution in [0.15, 0.2) is 0 Å². The van der Waals surface area contributed by atoms with E-state index in [1.54, 1.807) is 7.11 Å². The van der Waals surface area contributed by atoms with Crippen molar-refractivity contribution >= 4 is 0 Å². The standard InChI is InChI=1S/C9H20N2O/c1-9(3-8-12-2)11-6-4-10-5-7-11/h9-10H,3-8H2,1-2H3. The first-order chi connectivity index (χ1) is 5.84. The Morgan fingerprint density at radius 3 is 2.67 bits per heavy atom. The normalized spacial score (nSPS) is 22.5. The van der Waals surface area contributed by atoms with Crippen molar-refractivity contribution in [2.75, 3.05) is 39.9 Å². The van der Waals surface area contributed by atoms with Gasteiger partial charge in [0.2, 0.25) is 0 Å². The van der Waals surface area contributed by atoms with E-state index in [4.69, 9.17) is 4.74 Å². The van der Waals surface area contributed by atoms with Crippen molar-refractivity contribution < 1.29 is 4.74 Å². The van der Waals surface area contributed by atoms with Crippen LogP contribution >= 0.6 is 0 Å². The van der Waals surface area contributed by atoms with E-state index in [1.807, 2.05) is 0 Å². The molecule has 0 amide bonds. The van der Waals surface area contributed by atoms with Gasteiger partial charge in [0.05, 0.1) is 0 Å². The summed E-state index contributed by atoms with van der Waals surface area (Å²) < 4.78 is 5.06. The second kappa shape index (κ2) is 5.51. The lowest BCUT2D eigenvalue weighted by Gasteiger charge is -2.32. The van der Waals surface area contributed by atoms with Crippen LogP contribution in [-0.4, -0.2) is 50.8 Å². The summed E-state index contributed by atoms with van der Waals surface area (Å²) in [4.78, 5) is 2.52. The van der Waals surface area contributed by atoms with Gasteiger partial charge in [0.1, 0.15) is 0 Å². The first-order valence-corrected chi connectivity index (χ1v) is 4.78. The van der Waals surface area contributed by atoms with Gasteiger partial charge in [-0.15, -0.1) is 0 Å². The minimum absolute atomic E-state index is 0.673. The second-order valence-electron chi connectivity index (χ2n) is 3.42. The predicted molar refractivity (Wildman–Crippen MR) is 50.4 cm³/mol. The van der Waals surface area contributed by atoms with Crippen molar-refractivity contribution in [3.05, 3.63) is 0 Å². The molecule has 0 saturated carbocycles. The molecule has 3 heteroatoms. The summed E-state index contributed by atoms with van der Waals surface area (Å²) in [6.45, 7) is 7.81. The Morgan fingerprint density at radius 2 is 2.08 bits per heavy atom. The van der Waals surface area contributed by atoms with Gasteiger partial charge in [-0.1, -0.05) is 0 Å². The molecule has 1 rings (SSSR count). The van der Waals surface area contributed by atoms with Crippen LogP contribution in [0.25, 0.3) is 0 Å². The highest BCUT2D eigenvalue weighted by Gasteiger charge is 2.15. The molecule has 1 aliphatic rings. The molecular formula is C9H20N2O. The van der Waals surface area contributed by atoms with Gasteiger partial charge < -0.3 is 10.1 Å². The summed E-state index contributed by atoms with van der Waals surface area (Å²) in [5.41, 5.74) is 0. The minimum atomic E-state index is 0.673. The number of hydrogen-bond acceptors (Lipinski definition) is 3. The minimum Gasteiger partial charge on any atom is -0.385 e. The maximum Gasteiger partial charge on any atom is 0.0477 e. The van der Waals surface area contributed by atoms with Crippen LogP contribution < -0.4 is 5.32 Å². The molecule has 1 saturated heterocycles. The van der Waals surface area contributed by atoms with Crippen molar-refractivity contribution in [1.82, 2.24) is 10.2 Å². The predicted octanol–water partition coefficient (Wildman–Crippen LogP) is 0.317. The molecule has 0 aromatic heterocycles. The number of piperazine rings is 1. The molecular weight excluding hydrogens is 152 g/mol. The van der Waals surface area contributed by atoms with E-state index in [0.717, 1.165) is 26.1 Å². The van der Waals surface area contributed by atoms with Gasteiger partial charge >= 0.3 is 0 Å². The highest BCUT2D eigenvalue weighted by molar-refractivity contribution is 4.73. The first kappa shape index (κ1) is 9.96. The molecule has 1 atom stereocenters. The van der Waals surface area contributed by atoms with Gasteiger partial charge in [-0.05, 0) is 13.3 Å². The Balaban J connectivity index is 2.15. The summed E-state index contributed by atoms with van der Waals surface area (Å²) in [6.07, 6.45) is 1.15. The van der Waals surface area contributed by atoms with Crippen LogP contribution in [0.5, 0.6) is 0 Å². The highest BCUT2D eigenvalue weighted by Crippen LogP contribution is 2.04. The van der Waals surface area contributed by atoms with Crippen molar-refractivity contribution in [2.24, 2.45) is 0 Å². The van der Waals surface area contributed by atoms with E-state index in [0.29, 0.717) is 6.04 Å². The fourth-order valence-electron chi connectivity index (χ4n) is 1.59. The van der Waals surface area contributed by atoms with Crippen LogP contribution in [0.2, 0.25) is 0 Å². The average molecular weight is 172 g/mol. The van der Waals surface area contributed by atoms with Crippen molar-refractivity contribution in [3.8, 4) is 0 Å². The van der Waals surface area contributed by atoms with Crippen molar-refractivity contribution in [3.63, 3.8) is 0 Å². The molecule has 0 aromatic carbocycles. The van der Waals surface area contributed by atoms with E-state index < -0.39 is 0 Å². The number of rotatable bonds is 4. The molecule has 12 heavy (non-hydrogen) atoms. The molecule has 0 spiro atoms. The van der Waals surface area contributed by atoms with E-state index in [9.17, 15) is 0 Å². The molecule has 72 valence electrons. The highest BCUT2D eigenvalue weighted by atomic mass is 16.5. The monoisotopic (exact) mass is 172 g/mol. The lowest BCUT2D eigenvalue weighted by atomic mass is 10.2. The van der Waals surface area contributed by atoms with Gasteiger partial charge in [0, 0.05) is 45.9 Å². The molecule has 1 unspecified atom stereocenters. The Labute approximate surface area is 75.1 Å². The Bertz CT molecular complexity index is 113. The summed E-state index contributed by atoms with van der Waals surface area (Å²) in [7, 11) is 1.77. The molecule has 1 fully saturated rings. The quantitative estimate of drug-likeness (QED) is 0.661. The lowest BCUT2D eigenvalue weighted by Crippen LogP contribution is -2.47. The largest absolute Gasteiger partial charge is 0.385 e. The molecule has 0 aromatic rings. The van der Waals surface area contributed by atoms with E-state index in [1.165, 1.54) is 13.1 Å².